The summed E-state index contributed by atoms with van der Waals surface area (Å²) in [4.78, 5) is 25.6. The molecule has 1 amide bonds. The maximum atomic E-state index is 12.8. The molecule has 4 nitrogen and oxygen atoms in total. The molecule has 3 aromatic rings. The van der Waals surface area contributed by atoms with Crippen molar-refractivity contribution in [3.05, 3.63) is 74.5 Å². The van der Waals surface area contributed by atoms with Gasteiger partial charge in [-0.05, 0) is 55.7 Å². The van der Waals surface area contributed by atoms with Gasteiger partial charge in [0.1, 0.15) is 5.56 Å². The van der Waals surface area contributed by atoms with Crippen LogP contribution in [0.2, 0.25) is 5.02 Å². The summed E-state index contributed by atoms with van der Waals surface area (Å²) in [6, 6.07) is 11.2. The topological polar surface area (TPSA) is 51.1 Å². The average Bonchev–Trinajstić information content (AvgIpc) is 2.89. The largest absolute Gasteiger partial charge is 0.343 e. The Morgan fingerprint density at radius 3 is 2.84 bits per heavy atom. The Bertz CT molecular complexity index is 1080. The zero-order valence-electron chi connectivity index (χ0n) is 14.0. The molecule has 1 aliphatic rings. The van der Waals surface area contributed by atoms with E-state index in [4.69, 9.17) is 11.6 Å². The summed E-state index contributed by atoms with van der Waals surface area (Å²) in [6.45, 7) is 3.96. The van der Waals surface area contributed by atoms with Crippen LogP contribution >= 0.6 is 11.6 Å². The molecule has 25 heavy (non-hydrogen) atoms. The van der Waals surface area contributed by atoms with Crippen molar-refractivity contribution in [1.29, 1.82) is 0 Å². The maximum absolute atomic E-state index is 12.8. The van der Waals surface area contributed by atoms with Crippen LogP contribution in [0.5, 0.6) is 0 Å². The number of pyridine rings is 1. The number of nitrogens with zero attached hydrogens (tertiary/aromatic N) is 1. The Morgan fingerprint density at radius 1 is 1.28 bits per heavy atom. The van der Waals surface area contributed by atoms with Gasteiger partial charge in [-0.25, -0.2) is 0 Å². The third-order valence-electron chi connectivity index (χ3n) is 4.81. The van der Waals surface area contributed by atoms with Crippen LogP contribution in [0.25, 0.3) is 10.9 Å². The highest BCUT2D eigenvalue weighted by Crippen LogP contribution is 2.31. The fraction of sp³-hybridized carbons (Fsp3) is 0.200. The summed E-state index contributed by atoms with van der Waals surface area (Å²) in [5.74, 6) is -0.398. The van der Waals surface area contributed by atoms with E-state index in [-0.39, 0.29) is 17.0 Å². The Labute approximate surface area is 150 Å². The quantitative estimate of drug-likeness (QED) is 0.746. The smallest absolute Gasteiger partial charge is 0.261 e. The van der Waals surface area contributed by atoms with Gasteiger partial charge < -0.3 is 9.88 Å². The zero-order chi connectivity index (χ0) is 17.7. The number of benzene rings is 2. The van der Waals surface area contributed by atoms with Gasteiger partial charge in [0.25, 0.3) is 5.91 Å². The highest BCUT2D eigenvalue weighted by Gasteiger charge is 2.24. The molecule has 1 N–H and O–H groups in total. The third kappa shape index (κ3) is 2.53. The molecule has 0 radical (unpaired) electrons. The molecule has 1 atom stereocenters. The molecule has 126 valence electrons. The first-order valence-electron chi connectivity index (χ1n) is 8.20. The van der Waals surface area contributed by atoms with Crippen molar-refractivity contribution in [3.8, 4) is 0 Å². The normalized spacial score (nSPS) is 15.6. The van der Waals surface area contributed by atoms with E-state index in [1.165, 1.54) is 0 Å². The summed E-state index contributed by atoms with van der Waals surface area (Å²) < 4.78 is 2.04. The molecular formula is C20H17ClN2O2. The number of hydrogen-bond donors (Lipinski definition) is 1. The van der Waals surface area contributed by atoms with Gasteiger partial charge in [0.2, 0.25) is 5.43 Å². The SMILES string of the molecule is Cc1cc(Cl)ccc1NC(=O)c1cn2c3c(cccc3c1=O)CC2C. The predicted octanol–water partition coefficient (Wildman–Crippen LogP) is 4.33. The summed E-state index contributed by atoms with van der Waals surface area (Å²) in [6.07, 6.45) is 2.56. The highest BCUT2D eigenvalue weighted by molar-refractivity contribution is 6.30. The van der Waals surface area contributed by atoms with Crippen molar-refractivity contribution < 1.29 is 4.79 Å². The first kappa shape index (κ1) is 15.9. The number of rotatable bonds is 2. The van der Waals surface area contributed by atoms with Gasteiger partial charge in [0, 0.05) is 28.3 Å². The van der Waals surface area contributed by atoms with Crippen LogP contribution in [0.3, 0.4) is 0 Å². The molecule has 5 heteroatoms. The van der Waals surface area contributed by atoms with E-state index in [0.717, 1.165) is 23.1 Å². The molecule has 2 aromatic carbocycles. The molecule has 0 saturated heterocycles. The Kier molecular flexibility index (Phi) is 3.65. The number of para-hydroxylation sites is 1. The van der Waals surface area contributed by atoms with Crippen molar-refractivity contribution in [2.24, 2.45) is 0 Å². The standard InChI is InChI=1S/C20H17ClN2O2/c1-11-8-14(21)6-7-17(11)22-20(25)16-10-23-12(2)9-13-4-3-5-15(18(13)23)19(16)24/h3-8,10,12H,9H2,1-2H3,(H,22,25). The Morgan fingerprint density at radius 2 is 2.08 bits per heavy atom. The molecule has 0 spiro atoms. The van der Waals surface area contributed by atoms with Crippen LogP contribution in [0.15, 0.2) is 47.4 Å². The second-order valence-electron chi connectivity index (χ2n) is 6.56. The molecule has 1 aromatic heterocycles. The van der Waals surface area contributed by atoms with E-state index in [1.807, 2.05) is 23.6 Å². The molecule has 2 heterocycles. The number of hydrogen-bond acceptors (Lipinski definition) is 2. The lowest BCUT2D eigenvalue weighted by Crippen LogP contribution is -2.24. The van der Waals surface area contributed by atoms with E-state index < -0.39 is 5.91 Å². The van der Waals surface area contributed by atoms with Crippen molar-refractivity contribution in [1.82, 2.24) is 4.57 Å². The van der Waals surface area contributed by atoms with E-state index in [1.54, 1.807) is 30.5 Å². The predicted molar refractivity (Wildman–Crippen MR) is 101 cm³/mol. The minimum atomic E-state index is -0.398. The third-order valence-corrected chi connectivity index (χ3v) is 5.04. The first-order chi connectivity index (χ1) is 12.0. The van der Waals surface area contributed by atoms with Gasteiger partial charge in [0.15, 0.2) is 0 Å². The second kappa shape index (κ2) is 5.74. The van der Waals surface area contributed by atoms with Gasteiger partial charge in [-0.3, -0.25) is 9.59 Å². The number of halogens is 1. The molecule has 0 bridgehead atoms. The lowest BCUT2D eigenvalue weighted by atomic mass is 10.1. The number of aromatic nitrogens is 1. The van der Waals surface area contributed by atoms with E-state index >= 15 is 0 Å². The molecule has 1 aliphatic heterocycles. The highest BCUT2D eigenvalue weighted by atomic mass is 35.5. The Hall–Kier alpha value is -2.59. The van der Waals surface area contributed by atoms with Crippen LogP contribution in [0, 0.1) is 6.92 Å². The van der Waals surface area contributed by atoms with Crippen molar-refractivity contribution >= 4 is 34.1 Å². The summed E-state index contributed by atoms with van der Waals surface area (Å²) in [5.41, 5.74) is 3.53. The zero-order valence-corrected chi connectivity index (χ0v) is 14.7. The number of carbonyl (C=O) groups is 1. The number of amides is 1. The van der Waals surface area contributed by atoms with Crippen LogP contribution in [0.4, 0.5) is 5.69 Å². The van der Waals surface area contributed by atoms with Crippen molar-refractivity contribution in [3.63, 3.8) is 0 Å². The summed E-state index contributed by atoms with van der Waals surface area (Å²) in [7, 11) is 0. The monoisotopic (exact) mass is 352 g/mol. The van der Waals surface area contributed by atoms with Crippen LogP contribution in [-0.2, 0) is 6.42 Å². The molecule has 1 unspecified atom stereocenters. The molecule has 0 fully saturated rings. The van der Waals surface area contributed by atoms with Gasteiger partial charge in [0.05, 0.1) is 5.52 Å². The lowest BCUT2D eigenvalue weighted by Gasteiger charge is -2.13. The fourth-order valence-electron chi connectivity index (χ4n) is 3.53. The number of anilines is 1. The number of aryl methyl sites for hydroxylation is 1. The fourth-order valence-corrected chi connectivity index (χ4v) is 3.76. The minimum Gasteiger partial charge on any atom is -0.343 e. The van der Waals surface area contributed by atoms with Gasteiger partial charge in [-0.15, -0.1) is 0 Å². The van der Waals surface area contributed by atoms with E-state index in [9.17, 15) is 9.59 Å². The number of carbonyl (C=O) groups excluding carboxylic acids is 1. The molecule has 0 aliphatic carbocycles. The Balaban J connectivity index is 1.81. The minimum absolute atomic E-state index is 0.160. The van der Waals surface area contributed by atoms with Gasteiger partial charge >= 0.3 is 0 Å². The van der Waals surface area contributed by atoms with Gasteiger partial charge in [-0.1, -0.05) is 23.7 Å². The average molecular weight is 353 g/mol. The van der Waals surface area contributed by atoms with Crippen molar-refractivity contribution in [2.75, 3.05) is 5.32 Å². The van der Waals surface area contributed by atoms with E-state index in [2.05, 4.69) is 12.2 Å². The van der Waals surface area contributed by atoms with Crippen LogP contribution < -0.4 is 10.7 Å². The first-order valence-corrected chi connectivity index (χ1v) is 8.58. The molecule has 4 rings (SSSR count). The summed E-state index contributed by atoms with van der Waals surface area (Å²) >= 11 is 5.96. The molecule has 0 saturated carbocycles. The molecular weight excluding hydrogens is 336 g/mol. The summed E-state index contributed by atoms with van der Waals surface area (Å²) in [5, 5.41) is 4.04. The maximum Gasteiger partial charge on any atom is 0.261 e. The van der Waals surface area contributed by atoms with Gasteiger partial charge in [-0.2, -0.15) is 0 Å². The van der Waals surface area contributed by atoms with Crippen LogP contribution in [-0.4, -0.2) is 10.5 Å². The number of nitrogens with one attached hydrogen (secondary N) is 1. The van der Waals surface area contributed by atoms with Crippen LogP contribution in [0.1, 0.15) is 34.5 Å². The second-order valence-corrected chi connectivity index (χ2v) is 7.00. The lowest BCUT2D eigenvalue weighted by molar-refractivity contribution is 0.102. The van der Waals surface area contributed by atoms with E-state index in [0.29, 0.717) is 16.1 Å². The van der Waals surface area contributed by atoms with Crippen molar-refractivity contribution in [2.45, 2.75) is 26.3 Å².